The van der Waals surface area contributed by atoms with Gasteiger partial charge in [-0.15, -0.1) is 0 Å². The van der Waals surface area contributed by atoms with Gasteiger partial charge >= 0.3 is 0 Å². The molecule has 0 spiro atoms. The molecule has 0 aromatic rings. The Morgan fingerprint density at radius 1 is 1.80 bits per heavy atom. The number of hydrogen-bond acceptors (Lipinski definition) is 2. The van der Waals surface area contributed by atoms with Crippen LogP contribution in [-0.4, -0.2) is 8.85 Å². The van der Waals surface area contributed by atoms with Gasteiger partial charge in [0.25, 0.3) is 5.70 Å². The summed E-state index contributed by atoms with van der Waals surface area (Å²) in [6.45, 7) is 0. The summed E-state index contributed by atoms with van der Waals surface area (Å²) in [6.07, 6.45) is 5.82. The minimum atomic E-state index is -0.362. The quantitative estimate of drug-likeness (QED) is 0.309. The molecule has 0 aliphatic heterocycles. The highest BCUT2D eigenvalue weighted by molar-refractivity contribution is 14.1. The Bertz CT molecular complexity index is 210. The Balaban J connectivity index is 2.67. The second-order valence-electron chi connectivity index (χ2n) is 2.00. The minimum absolute atomic E-state index is 0.216. The summed E-state index contributed by atoms with van der Waals surface area (Å²) in [5, 5.41) is 10.1. The van der Waals surface area contributed by atoms with Gasteiger partial charge in [-0.1, -0.05) is 28.7 Å². The third kappa shape index (κ3) is 1.80. The number of halogens is 1. The summed E-state index contributed by atoms with van der Waals surface area (Å²) in [5.41, 5.74) is 0.216. The average molecular weight is 251 g/mol. The molecule has 54 valence electrons. The molecule has 0 amide bonds. The first-order chi connectivity index (χ1) is 4.70. The molecule has 1 atom stereocenters. The number of nitro groups is 1. The van der Waals surface area contributed by atoms with Crippen LogP contribution in [0.1, 0.15) is 6.42 Å². The van der Waals surface area contributed by atoms with Crippen LogP contribution in [0.5, 0.6) is 0 Å². The van der Waals surface area contributed by atoms with E-state index in [1.165, 1.54) is 0 Å². The van der Waals surface area contributed by atoms with Gasteiger partial charge in [0.15, 0.2) is 0 Å². The fraction of sp³-hybridized carbons (Fsp3) is 0.333. The van der Waals surface area contributed by atoms with Gasteiger partial charge in [-0.25, -0.2) is 0 Å². The molecule has 3 nitrogen and oxygen atoms in total. The standard InChI is InChI=1S/C6H6INO2/c7-5-1-3-6(4-2-5)8(9)10/h1,3-5H,2H2. The number of alkyl halides is 1. The molecule has 1 aliphatic carbocycles. The monoisotopic (exact) mass is 251 g/mol. The second-order valence-corrected chi connectivity index (χ2v) is 3.60. The van der Waals surface area contributed by atoms with Gasteiger partial charge in [-0.2, -0.15) is 0 Å². The molecule has 1 unspecified atom stereocenters. The molecular weight excluding hydrogens is 245 g/mol. The van der Waals surface area contributed by atoms with E-state index in [-0.39, 0.29) is 10.6 Å². The first-order valence-corrected chi connectivity index (χ1v) is 4.11. The average Bonchev–Trinajstić information content (AvgIpc) is 1.88. The molecule has 4 heteroatoms. The Labute approximate surface area is 72.1 Å². The van der Waals surface area contributed by atoms with Gasteiger partial charge in [-0.3, -0.25) is 10.1 Å². The van der Waals surface area contributed by atoms with Crippen molar-refractivity contribution in [2.75, 3.05) is 0 Å². The molecule has 1 rings (SSSR count). The van der Waals surface area contributed by atoms with Gasteiger partial charge < -0.3 is 0 Å². The van der Waals surface area contributed by atoms with E-state index in [0.29, 0.717) is 3.92 Å². The normalized spacial score (nSPS) is 24.1. The van der Waals surface area contributed by atoms with Crippen LogP contribution < -0.4 is 0 Å². The highest BCUT2D eigenvalue weighted by Gasteiger charge is 2.11. The summed E-state index contributed by atoms with van der Waals surface area (Å²) in [7, 11) is 0. The van der Waals surface area contributed by atoms with Crippen LogP contribution in [0.3, 0.4) is 0 Å². The lowest BCUT2D eigenvalue weighted by atomic mass is 10.1. The van der Waals surface area contributed by atoms with E-state index >= 15 is 0 Å². The lowest BCUT2D eigenvalue weighted by Gasteiger charge is -2.03. The van der Waals surface area contributed by atoms with E-state index in [4.69, 9.17) is 0 Å². The number of allylic oxidation sites excluding steroid dienone is 3. The van der Waals surface area contributed by atoms with Crippen LogP contribution >= 0.6 is 22.6 Å². The van der Waals surface area contributed by atoms with Gasteiger partial charge in [0.2, 0.25) is 0 Å². The predicted octanol–water partition coefficient (Wildman–Crippen LogP) is 1.91. The molecule has 0 heterocycles. The lowest BCUT2D eigenvalue weighted by Crippen LogP contribution is -2.02. The van der Waals surface area contributed by atoms with Crippen molar-refractivity contribution in [3.63, 3.8) is 0 Å². The zero-order valence-corrected chi connectivity index (χ0v) is 7.32. The Morgan fingerprint density at radius 2 is 2.50 bits per heavy atom. The van der Waals surface area contributed by atoms with E-state index < -0.39 is 0 Å². The Hall–Kier alpha value is -0.390. The molecule has 10 heavy (non-hydrogen) atoms. The summed E-state index contributed by atoms with van der Waals surface area (Å²) in [4.78, 5) is 9.78. The van der Waals surface area contributed by atoms with E-state index in [0.717, 1.165) is 6.42 Å². The van der Waals surface area contributed by atoms with Crippen LogP contribution in [0.4, 0.5) is 0 Å². The number of nitrogens with zero attached hydrogens (tertiary/aromatic N) is 1. The highest BCUT2D eigenvalue weighted by atomic mass is 127. The van der Waals surface area contributed by atoms with Crippen LogP contribution in [0, 0.1) is 10.1 Å². The van der Waals surface area contributed by atoms with E-state index in [2.05, 4.69) is 22.6 Å². The van der Waals surface area contributed by atoms with Gasteiger partial charge in [-0.05, 0) is 12.5 Å². The molecule has 0 aromatic heterocycles. The first-order valence-electron chi connectivity index (χ1n) is 2.87. The van der Waals surface area contributed by atoms with Crippen molar-refractivity contribution >= 4 is 22.6 Å². The zero-order valence-electron chi connectivity index (χ0n) is 5.16. The smallest absolute Gasteiger partial charge is 0.258 e. The molecular formula is C6H6INO2. The summed E-state index contributed by atoms with van der Waals surface area (Å²) in [5.74, 6) is 0. The molecule has 0 fully saturated rings. The first kappa shape index (κ1) is 7.71. The third-order valence-corrected chi connectivity index (χ3v) is 2.16. The summed E-state index contributed by atoms with van der Waals surface area (Å²) < 4.78 is 0.418. The van der Waals surface area contributed by atoms with E-state index in [9.17, 15) is 10.1 Å². The topological polar surface area (TPSA) is 43.1 Å². The number of rotatable bonds is 1. The van der Waals surface area contributed by atoms with Crippen molar-refractivity contribution < 1.29 is 4.92 Å². The van der Waals surface area contributed by atoms with Crippen molar-refractivity contribution in [3.05, 3.63) is 34.0 Å². The van der Waals surface area contributed by atoms with E-state index in [1.54, 1.807) is 12.2 Å². The largest absolute Gasteiger partial charge is 0.265 e. The van der Waals surface area contributed by atoms with Crippen LogP contribution in [0.25, 0.3) is 0 Å². The second kappa shape index (κ2) is 3.14. The molecule has 0 aromatic carbocycles. The van der Waals surface area contributed by atoms with Crippen LogP contribution in [0.15, 0.2) is 23.9 Å². The molecule has 0 radical (unpaired) electrons. The highest BCUT2D eigenvalue weighted by Crippen LogP contribution is 2.16. The Kier molecular flexibility index (Phi) is 2.42. The summed E-state index contributed by atoms with van der Waals surface area (Å²) in [6, 6.07) is 0. The molecule has 0 saturated heterocycles. The minimum Gasteiger partial charge on any atom is -0.258 e. The van der Waals surface area contributed by atoms with Crippen LogP contribution in [-0.2, 0) is 0 Å². The van der Waals surface area contributed by atoms with Crippen molar-refractivity contribution in [3.8, 4) is 0 Å². The number of hydrogen-bond donors (Lipinski definition) is 0. The van der Waals surface area contributed by atoms with E-state index in [1.807, 2.05) is 6.08 Å². The Morgan fingerprint density at radius 3 is 2.90 bits per heavy atom. The molecule has 0 saturated carbocycles. The maximum Gasteiger partial charge on any atom is 0.265 e. The van der Waals surface area contributed by atoms with Gasteiger partial charge in [0, 0.05) is 10.0 Å². The van der Waals surface area contributed by atoms with Crippen LogP contribution in [0.2, 0.25) is 0 Å². The van der Waals surface area contributed by atoms with Gasteiger partial charge in [0.05, 0.1) is 4.92 Å². The zero-order chi connectivity index (χ0) is 7.56. The SMILES string of the molecule is O=[N+]([O-])C1=CCC(I)C=C1. The fourth-order valence-electron chi connectivity index (χ4n) is 0.718. The molecule has 1 aliphatic rings. The van der Waals surface area contributed by atoms with Crippen molar-refractivity contribution in [2.24, 2.45) is 0 Å². The maximum absolute atomic E-state index is 10.1. The van der Waals surface area contributed by atoms with Crippen molar-refractivity contribution in [2.45, 2.75) is 10.3 Å². The maximum atomic E-state index is 10.1. The van der Waals surface area contributed by atoms with Crippen molar-refractivity contribution in [1.29, 1.82) is 0 Å². The summed E-state index contributed by atoms with van der Waals surface area (Å²) >= 11 is 2.24. The fourth-order valence-corrected chi connectivity index (χ4v) is 1.18. The lowest BCUT2D eigenvalue weighted by molar-refractivity contribution is -0.419. The van der Waals surface area contributed by atoms with Crippen molar-refractivity contribution in [1.82, 2.24) is 0 Å². The third-order valence-electron chi connectivity index (χ3n) is 1.24. The molecule has 0 N–H and O–H groups in total. The molecule has 0 bridgehead atoms. The van der Waals surface area contributed by atoms with Gasteiger partial charge in [0.1, 0.15) is 0 Å². The predicted molar refractivity (Wildman–Crippen MR) is 46.6 cm³/mol.